The van der Waals surface area contributed by atoms with Gasteiger partial charge in [-0.2, -0.15) is 0 Å². The Balaban J connectivity index is 2.92. The summed E-state index contributed by atoms with van der Waals surface area (Å²) in [6.07, 6.45) is 0. The quantitative estimate of drug-likeness (QED) is 0.798. The molecule has 0 saturated heterocycles. The van der Waals surface area contributed by atoms with Gasteiger partial charge < -0.3 is 14.6 Å². The summed E-state index contributed by atoms with van der Waals surface area (Å²) in [5, 5.41) is 11.5. The van der Waals surface area contributed by atoms with Crippen LogP contribution < -0.4 is 5.11 Å². The highest BCUT2D eigenvalue weighted by Crippen LogP contribution is 2.31. The minimum absolute atomic E-state index is 0.0906. The molecule has 0 unspecified atom stereocenters. The zero-order valence-electron chi connectivity index (χ0n) is 12.0. The fourth-order valence-electron chi connectivity index (χ4n) is 2.35. The molecule has 0 bridgehead atoms. The molecule has 0 radical (unpaired) electrons. The molecule has 1 aromatic carbocycles. The van der Waals surface area contributed by atoms with Crippen LogP contribution in [-0.2, 0) is 4.74 Å². The van der Waals surface area contributed by atoms with Gasteiger partial charge in [0.25, 0.3) is 0 Å². The number of aromatic nitrogens is 1. The minimum atomic E-state index is -1.37. The summed E-state index contributed by atoms with van der Waals surface area (Å²) in [4.78, 5) is 27.7. The zero-order valence-corrected chi connectivity index (χ0v) is 12.0. The lowest BCUT2D eigenvalue weighted by atomic mass is 9.92. The van der Waals surface area contributed by atoms with E-state index in [4.69, 9.17) is 4.74 Å². The van der Waals surface area contributed by atoms with Crippen LogP contribution >= 0.6 is 0 Å². The Hall–Kier alpha value is -2.69. The average Bonchev–Trinajstić information content (AvgIpc) is 2.46. The third kappa shape index (κ3) is 2.63. The van der Waals surface area contributed by atoms with Crippen LogP contribution in [-0.4, -0.2) is 24.0 Å². The maximum absolute atomic E-state index is 12.0. The van der Waals surface area contributed by atoms with Crippen LogP contribution in [0, 0.1) is 13.8 Å². The van der Waals surface area contributed by atoms with Crippen molar-refractivity contribution in [2.75, 3.05) is 7.11 Å². The maximum Gasteiger partial charge on any atom is 0.340 e. The van der Waals surface area contributed by atoms with Crippen LogP contribution in [0.5, 0.6) is 0 Å². The van der Waals surface area contributed by atoms with Gasteiger partial charge >= 0.3 is 5.97 Å². The fourth-order valence-corrected chi connectivity index (χ4v) is 2.35. The van der Waals surface area contributed by atoms with Crippen molar-refractivity contribution < 1.29 is 19.4 Å². The maximum atomic E-state index is 12.0. The Bertz CT molecular complexity index is 708. The number of carboxylic acid groups (broad SMARTS) is 1. The number of hydrogen-bond acceptors (Lipinski definition) is 5. The number of aryl methyl sites for hydroxylation is 2. The predicted octanol–water partition coefficient (Wildman–Crippen LogP) is 1.52. The molecule has 21 heavy (non-hydrogen) atoms. The van der Waals surface area contributed by atoms with E-state index in [1.54, 1.807) is 44.2 Å². The Labute approximate surface area is 122 Å². The molecule has 0 aliphatic rings. The van der Waals surface area contributed by atoms with Crippen LogP contribution in [0.25, 0.3) is 11.1 Å². The number of hydrogen-bond donors (Lipinski definition) is 0. The number of carbonyl (C=O) groups is 2. The van der Waals surface area contributed by atoms with E-state index < -0.39 is 11.9 Å². The Morgan fingerprint density at radius 2 is 1.62 bits per heavy atom. The third-order valence-electron chi connectivity index (χ3n) is 3.22. The van der Waals surface area contributed by atoms with Gasteiger partial charge in [-0.15, -0.1) is 0 Å². The number of carbonyl (C=O) groups excluding carboxylic acids is 2. The highest BCUT2D eigenvalue weighted by atomic mass is 16.5. The van der Waals surface area contributed by atoms with Crippen molar-refractivity contribution in [3.8, 4) is 11.1 Å². The first-order valence-electron chi connectivity index (χ1n) is 6.33. The minimum Gasteiger partial charge on any atom is -0.545 e. The van der Waals surface area contributed by atoms with Gasteiger partial charge in [0.05, 0.1) is 24.3 Å². The number of pyridine rings is 1. The number of ether oxygens (including phenoxy) is 1. The van der Waals surface area contributed by atoms with Gasteiger partial charge in [-0.3, -0.25) is 4.98 Å². The molecule has 0 spiro atoms. The second-order valence-corrected chi connectivity index (χ2v) is 4.55. The lowest BCUT2D eigenvalue weighted by molar-refractivity contribution is -0.255. The molecule has 0 N–H and O–H groups in total. The van der Waals surface area contributed by atoms with Gasteiger partial charge in [-0.25, -0.2) is 4.79 Å². The topological polar surface area (TPSA) is 79.3 Å². The van der Waals surface area contributed by atoms with Gasteiger partial charge in [0.2, 0.25) is 0 Å². The molecule has 2 rings (SSSR count). The average molecular weight is 284 g/mol. The molecule has 5 nitrogen and oxygen atoms in total. The second-order valence-electron chi connectivity index (χ2n) is 4.55. The molecule has 0 atom stereocenters. The number of benzene rings is 1. The fraction of sp³-hybridized carbons (Fsp3) is 0.188. The molecule has 0 aliphatic heterocycles. The summed E-state index contributed by atoms with van der Waals surface area (Å²) in [5.74, 6) is -2.00. The van der Waals surface area contributed by atoms with Crippen molar-refractivity contribution >= 4 is 11.9 Å². The first-order chi connectivity index (χ1) is 9.97. The molecule has 0 saturated carbocycles. The van der Waals surface area contributed by atoms with Crippen molar-refractivity contribution in [1.82, 2.24) is 4.98 Å². The molecular weight excluding hydrogens is 270 g/mol. The van der Waals surface area contributed by atoms with E-state index in [1.807, 2.05) is 0 Å². The molecule has 0 fully saturated rings. The number of carboxylic acids is 1. The number of aromatic carboxylic acids is 1. The summed E-state index contributed by atoms with van der Waals surface area (Å²) < 4.78 is 4.76. The first-order valence-corrected chi connectivity index (χ1v) is 6.33. The van der Waals surface area contributed by atoms with E-state index in [0.29, 0.717) is 17.0 Å². The van der Waals surface area contributed by atoms with Crippen LogP contribution in [0.15, 0.2) is 30.3 Å². The lowest BCUT2D eigenvalue weighted by Crippen LogP contribution is -2.26. The number of methoxy groups -OCH3 is 1. The Kier molecular flexibility index (Phi) is 4.03. The summed E-state index contributed by atoms with van der Waals surface area (Å²) in [6, 6.07) is 8.79. The summed E-state index contributed by atoms with van der Waals surface area (Å²) >= 11 is 0. The van der Waals surface area contributed by atoms with Crippen LogP contribution in [0.4, 0.5) is 0 Å². The van der Waals surface area contributed by atoms with Crippen molar-refractivity contribution in [1.29, 1.82) is 0 Å². The van der Waals surface area contributed by atoms with Gasteiger partial charge in [0.1, 0.15) is 0 Å². The van der Waals surface area contributed by atoms with E-state index in [1.165, 1.54) is 7.11 Å². The number of esters is 1. The van der Waals surface area contributed by atoms with Crippen LogP contribution in [0.3, 0.4) is 0 Å². The van der Waals surface area contributed by atoms with Gasteiger partial charge in [0.15, 0.2) is 0 Å². The van der Waals surface area contributed by atoms with Gasteiger partial charge in [-0.1, -0.05) is 30.3 Å². The first kappa shape index (κ1) is 14.7. The van der Waals surface area contributed by atoms with Crippen molar-refractivity contribution in [3.05, 3.63) is 52.8 Å². The molecule has 0 amide bonds. The monoisotopic (exact) mass is 284 g/mol. The summed E-state index contributed by atoms with van der Waals surface area (Å²) in [6.45, 7) is 3.22. The molecule has 1 heterocycles. The molecule has 108 valence electrons. The molecule has 5 heteroatoms. The highest BCUT2D eigenvalue weighted by Gasteiger charge is 2.23. The standard InChI is InChI=1S/C16H15NO4/c1-9-12(15(18)19)14(11-7-5-4-6-8-11)13(10(2)17-9)16(20)21-3/h4-8H,1-3H3,(H,18,19)/p-1. The van der Waals surface area contributed by atoms with Gasteiger partial charge in [0, 0.05) is 16.8 Å². The van der Waals surface area contributed by atoms with Crippen molar-refractivity contribution in [2.24, 2.45) is 0 Å². The Morgan fingerprint density at radius 3 is 2.14 bits per heavy atom. The van der Waals surface area contributed by atoms with E-state index in [9.17, 15) is 14.7 Å². The van der Waals surface area contributed by atoms with E-state index in [2.05, 4.69) is 4.98 Å². The normalized spacial score (nSPS) is 10.2. The van der Waals surface area contributed by atoms with Crippen LogP contribution in [0.2, 0.25) is 0 Å². The SMILES string of the molecule is COC(=O)c1c(C)nc(C)c(C(=O)[O-])c1-c1ccccc1. The molecule has 1 aromatic heterocycles. The van der Waals surface area contributed by atoms with Crippen molar-refractivity contribution in [3.63, 3.8) is 0 Å². The summed E-state index contributed by atoms with van der Waals surface area (Å²) in [5.41, 5.74) is 1.67. The third-order valence-corrected chi connectivity index (χ3v) is 3.22. The summed E-state index contributed by atoms with van der Waals surface area (Å²) in [7, 11) is 1.25. The lowest BCUT2D eigenvalue weighted by Gasteiger charge is -2.18. The number of nitrogens with zero attached hydrogens (tertiary/aromatic N) is 1. The highest BCUT2D eigenvalue weighted by molar-refractivity contribution is 6.06. The van der Waals surface area contributed by atoms with E-state index in [-0.39, 0.29) is 16.7 Å². The Morgan fingerprint density at radius 1 is 1.05 bits per heavy atom. The molecule has 2 aromatic rings. The second kappa shape index (κ2) is 5.75. The van der Waals surface area contributed by atoms with Crippen LogP contribution in [0.1, 0.15) is 32.1 Å². The van der Waals surface area contributed by atoms with E-state index in [0.717, 1.165) is 0 Å². The number of rotatable bonds is 3. The molecule has 0 aliphatic carbocycles. The largest absolute Gasteiger partial charge is 0.545 e. The predicted molar refractivity (Wildman–Crippen MR) is 74.8 cm³/mol. The van der Waals surface area contributed by atoms with E-state index >= 15 is 0 Å². The smallest absolute Gasteiger partial charge is 0.340 e. The van der Waals surface area contributed by atoms with Crippen molar-refractivity contribution in [2.45, 2.75) is 13.8 Å². The van der Waals surface area contributed by atoms with Gasteiger partial charge in [-0.05, 0) is 19.4 Å². The molecular formula is C16H14NO4-. The zero-order chi connectivity index (χ0) is 15.6.